The zero-order valence-corrected chi connectivity index (χ0v) is 10.8. The van der Waals surface area contributed by atoms with Crippen LogP contribution in [0.4, 0.5) is 0 Å². The first kappa shape index (κ1) is 13.5. The summed E-state index contributed by atoms with van der Waals surface area (Å²) in [6.07, 6.45) is 3.23. The number of rotatable bonds is 5. The van der Waals surface area contributed by atoms with Gasteiger partial charge in [0.15, 0.2) is 0 Å². The number of nitrogens with one attached hydrogen (secondary N) is 1. The van der Waals surface area contributed by atoms with Crippen molar-refractivity contribution in [3.8, 4) is 0 Å². The van der Waals surface area contributed by atoms with Crippen molar-refractivity contribution in [1.29, 1.82) is 0 Å². The summed E-state index contributed by atoms with van der Waals surface area (Å²) in [7, 11) is 0. The van der Waals surface area contributed by atoms with Crippen molar-refractivity contribution in [2.45, 2.75) is 51.6 Å². The van der Waals surface area contributed by atoms with Crippen LogP contribution in [0.2, 0.25) is 0 Å². The van der Waals surface area contributed by atoms with Gasteiger partial charge in [-0.25, -0.2) is 0 Å². The summed E-state index contributed by atoms with van der Waals surface area (Å²) in [4.78, 5) is 14.0. The smallest absolute Gasteiger partial charge is 0.234 e. The molecular weight excluding hydrogens is 202 g/mol. The minimum Gasteiger partial charge on any atom is -0.350 e. The number of carbonyl (C=O) groups excluding carboxylic acids is 1. The van der Waals surface area contributed by atoms with Crippen molar-refractivity contribution >= 4 is 5.91 Å². The zero-order chi connectivity index (χ0) is 12.2. The molecule has 1 fully saturated rings. The number of hydrogen-bond donors (Lipinski definition) is 2. The Hall–Kier alpha value is -0.610. The molecule has 94 valence electrons. The van der Waals surface area contributed by atoms with E-state index >= 15 is 0 Å². The standard InChI is InChI=1S/C12H25N3O/c1-4-12(2,3)14-11(16)9-15-7-5-6-10(15)8-13/h10H,4-9,13H2,1-3H3,(H,14,16). The molecule has 0 aromatic rings. The molecule has 1 heterocycles. The van der Waals surface area contributed by atoms with Gasteiger partial charge >= 0.3 is 0 Å². The normalized spacial score (nSPS) is 22.4. The van der Waals surface area contributed by atoms with Crippen LogP contribution in [-0.2, 0) is 4.79 Å². The minimum absolute atomic E-state index is 0.102. The maximum Gasteiger partial charge on any atom is 0.234 e. The molecule has 1 saturated heterocycles. The Morgan fingerprint density at radius 3 is 2.81 bits per heavy atom. The van der Waals surface area contributed by atoms with Gasteiger partial charge in [-0.15, -0.1) is 0 Å². The second-order valence-corrected chi connectivity index (χ2v) is 5.29. The van der Waals surface area contributed by atoms with Crippen LogP contribution in [0, 0.1) is 0 Å². The Kier molecular flexibility index (Phi) is 4.74. The Bertz CT molecular complexity index is 240. The molecule has 1 rings (SSSR count). The second-order valence-electron chi connectivity index (χ2n) is 5.29. The molecule has 1 amide bonds. The Labute approximate surface area is 98.6 Å². The highest BCUT2D eigenvalue weighted by molar-refractivity contribution is 5.78. The van der Waals surface area contributed by atoms with Crippen LogP contribution >= 0.6 is 0 Å². The summed E-state index contributed by atoms with van der Waals surface area (Å²) in [5.74, 6) is 0.118. The summed E-state index contributed by atoms with van der Waals surface area (Å²) in [6.45, 7) is 8.33. The van der Waals surface area contributed by atoms with Crippen molar-refractivity contribution in [3.05, 3.63) is 0 Å². The van der Waals surface area contributed by atoms with Crippen LogP contribution in [-0.4, -0.2) is 42.0 Å². The molecule has 4 heteroatoms. The lowest BCUT2D eigenvalue weighted by Crippen LogP contribution is -2.49. The fraction of sp³-hybridized carbons (Fsp3) is 0.917. The number of amides is 1. The third-order valence-corrected chi connectivity index (χ3v) is 3.48. The fourth-order valence-corrected chi connectivity index (χ4v) is 2.06. The largest absolute Gasteiger partial charge is 0.350 e. The summed E-state index contributed by atoms with van der Waals surface area (Å²) < 4.78 is 0. The molecule has 1 atom stereocenters. The third kappa shape index (κ3) is 3.76. The predicted octanol–water partition coefficient (Wildman–Crippen LogP) is 0.714. The van der Waals surface area contributed by atoms with E-state index in [1.54, 1.807) is 0 Å². The van der Waals surface area contributed by atoms with Gasteiger partial charge in [-0.2, -0.15) is 0 Å². The van der Waals surface area contributed by atoms with Crippen LogP contribution in [0.25, 0.3) is 0 Å². The molecule has 16 heavy (non-hydrogen) atoms. The van der Waals surface area contributed by atoms with Gasteiger partial charge in [0.1, 0.15) is 0 Å². The van der Waals surface area contributed by atoms with E-state index in [-0.39, 0.29) is 11.4 Å². The average molecular weight is 227 g/mol. The van der Waals surface area contributed by atoms with Crippen LogP contribution in [0.1, 0.15) is 40.0 Å². The molecule has 0 bridgehead atoms. The van der Waals surface area contributed by atoms with E-state index in [0.717, 1.165) is 25.8 Å². The maximum atomic E-state index is 11.8. The first-order valence-electron chi connectivity index (χ1n) is 6.23. The molecule has 1 unspecified atom stereocenters. The van der Waals surface area contributed by atoms with E-state index in [2.05, 4.69) is 31.0 Å². The lowest BCUT2D eigenvalue weighted by molar-refractivity contribution is -0.124. The predicted molar refractivity (Wildman–Crippen MR) is 66.2 cm³/mol. The van der Waals surface area contributed by atoms with Crippen LogP contribution in [0.5, 0.6) is 0 Å². The summed E-state index contributed by atoms with van der Waals surface area (Å²) in [5.41, 5.74) is 5.58. The average Bonchev–Trinajstić information content (AvgIpc) is 2.64. The van der Waals surface area contributed by atoms with Gasteiger partial charge in [0, 0.05) is 18.1 Å². The number of hydrogen-bond acceptors (Lipinski definition) is 3. The molecule has 0 saturated carbocycles. The van der Waals surface area contributed by atoms with Crippen molar-refractivity contribution in [2.24, 2.45) is 5.73 Å². The van der Waals surface area contributed by atoms with E-state index < -0.39 is 0 Å². The Morgan fingerprint density at radius 1 is 1.56 bits per heavy atom. The summed E-state index contributed by atoms with van der Waals surface area (Å²) in [5, 5.41) is 3.06. The molecule has 3 N–H and O–H groups in total. The van der Waals surface area contributed by atoms with Gasteiger partial charge in [0.2, 0.25) is 5.91 Å². The van der Waals surface area contributed by atoms with Gasteiger partial charge in [0.25, 0.3) is 0 Å². The molecule has 0 spiro atoms. The van der Waals surface area contributed by atoms with E-state index in [1.807, 2.05) is 0 Å². The van der Waals surface area contributed by atoms with E-state index in [0.29, 0.717) is 19.1 Å². The Morgan fingerprint density at radius 2 is 2.25 bits per heavy atom. The van der Waals surface area contributed by atoms with Crippen LogP contribution < -0.4 is 11.1 Å². The van der Waals surface area contributed by atoms with Crippen molar-refractivity contribution in [3.63, 3.8) is 0 Å². The first-order chi connectivity index (χ1) is 7.48. The van der Waals surface area contributed by atoms with Crippen LogP contribution in [0.3, 0.4) is 0 Å². The lowest BCUT2D eigenvalue weighted by Gasteiger charge is -2.28. The van der Waals surface area contributed by atoms with Crippen molar-refractivity contribution < 1.29 is 4.79 Å². The van der Waals surface area contributed by atoms with Gasteiger partial charge in [0.05, 0.1) is 6.54 Å². The number of nitrogens with two attached hydrogens (primary N) is 1. The maximum absolute atomic E-state index is 11.8. The molecule has 0 aromatic heterocycles. The molecule has 1 aliphatic heterocycles. The van der Waals surface area contributed by atoms with Crippen molar-refractivity contribution in [2.75, 3.05) is 19.6 Å². The minimum atomic E-state index is -0.102. The third-order valence-electron chi connectivity index (χ3n) is 3.48. The monoisotopic (exact) mass is 227 g/mol. The van der Waals surface area contributed by atoms with Gasteiger partial charge in [-0.1, -0.05) is 6.92 Å². The highest BCUT2D eigenvalue weighted by Crippen LogP contribution is 2.15. The molecule has 0 aliphatic carbocycles. The summed E-state index contributed by atoms with van der Waals surface area (Å²) in [6, 6.07) is 0.399. The lowest BCUT2D eigenvalue weighted by atomic mass is 10.0. The second kappa shape index (κ2) is 5.64. The topological polar surface area (TPSA) is 58.4 Å². The first-order valence-corrected chi connectivity index (χ1v) is 6.23. The number of nitrogens with zero attached hydrogens (tertiary/aromatic N) is 1. The van der Waals surface area contributed by atoms with E-state index in [9.17, 15) is 4.79 Å². The molecule has 0 aromatic carbocycles. The highest BCUT2D eigenvalue weighted by atomic mass is 16.2. The van der Waals surface area contributed by atoms with Gasteiger partial charge < -0.3 is 11.1 Å². The summed E-state index contributed by atoms with van der Waals surface area (Å²) >= 11 is 0. The molecular formula is C12H25N3O. The quantitative estimate of drug-likeness (QED) is 0.727. The zero-order valence-electron chi connectivity index (χ0n) is 10.8. The SMILES string of the molecule is CCC(C)(C)NC(=O)CN1CCCC1CN. The van der Waals surface area contributed by atoms with Gasteiger partial charge in [-0.3, -0.25) is 9.69 Å². The van der Waals surface area contributed by atoms with Gasteiger partial charge in [-0.05, 0) is 39.7 Å². The Balaban J connectivity index is 2.39. The number of likely N-dealkylation sites (tertiary alicyclic amines) is 1. The highest BCUT2D eigenvalue weighted by Gasteiger charge is 2.26. The van der Waals surface area contributed by atoms with Crippen LogP contribution in [0.15, 0.2) is 0 Å². The van der Waals surface area contributed by atoms with E-state index in [1.165, 1.54) is 0 Å². The van der Waals surface area contributed by atoms with Crippen molar-refractivity contribution in [1.82, 2.24) is 10.2 Å². The molecule has 4 nitrogen and oxygen atoms in total. The number of carbonyl (C=O) groups is 1. The van der Waals surface area contributed by atoms with E-state index in [4.69, 9.17) is 5.73 Å². The molecule has 0 radical (unpaired) electrons. The molecule has 1 aliphatic rings. The fourth-order valence-electron chi connectivity index (χ4n) is 2.06.